The number of aromatic nitrogens is 1. The maximum absolute atomic E-state index is 5.91. The van der Waals surface area contributed by atoms with Crippen molar-refractivity contribution in [1.29, 1.82) is 0 Å². The van der Waals surface area contributed by atoms with Gasteiger partial charge in [0.25, 0.3) is 0 Å². The summed E-state index contributed by atoms with van der Waals surface area (Å²) in [6.45, 7) is 7.92. The van der Waals surface area contributed by atoms with Crippen LogP contribution in [-0.4, -0.2) is 23.3 Å². The maximum atomic E-state index is 5.91. The molecule has 2 rings (SSSR count). The second-order valence-electron chi connectivity index (χ2n) is 5.40. The average Bonchev–Trinajstić information content (AvgIpc) is 2.48. The van der Waals surface area contributed by atoms with Crippen LogP contribution in [0.15, 0.2) is 12.1 Å². The summed E-state index contributed by atoms with van der Waals surface area (Å²) in [5.41, 5.74) is 6.66. The highest BCUT2D eigenvalue weighted by molar-refractivity contribution is 6.62. The zero-order valence-corrected chi connectivity index (χ0v) is 11.2. The number of nitrogens with two attached hydrogens (primary N) is 1. The average molecular weight is 244 g/mol. The topological polar surface area (TPSA) is 57.4 Å². The molecule has 1 aromatic rings. The highest BCUT2D eigenvalue weighted by atomic mass is 16.7. The van der Waals surface area contributed by atoms with Crippen molar-refractivity contribution in [2.24, 2.45) is 0 Å². The van der Waals surface area contributed by atoms with E-state index in [1.807, 2.05) is 27.7 Å². The first-order valence-corrected chi connectivity index (χ1v) is 5.85. The first-order valence-electron chi connectivity index (χ1n) is 5.85. The summed E-state index contributed by atoms with van der Waals surface area (Å²) in [7, 11) is -0.580. The zero-order valence-electron chi connectivity index (χ0n) is 11.2. The molecule has 0 unspecified atom stereocenters. The molecule has 2 N–H and O–H groups in total. The fraction of sp³-hybridized carbons (Fsp3) is 0.462. The van der Waals surface area contributed by atoms with E-state index in [1.54, 1.807) is 12.1 Å². The minimum atomic E-state index is -0.580. The van der Waals surface area contributed by atoms with Gasteiger partial charge in [-0.15, -0.1) is 6.42 Å². The Morgan fingerprint density at radius 2 is 1.78 bits per heavy atom. The molecule has 1 saturated heterocycles. The van der Waals surface area contributed by atoms with Crippen molar-refractivity contribution in [3.05, 3.63) is 17.8 Å². The molecule has 1 aliphatic rings. The van der Waals surface area contributed by atoms with Crippen LogP contribution in [0.5, 0.6) is 0 Å². The summed E-state index contributed by atoms with van der Waals surface area (Å²) < 4.78 is 11.8. The molecule has 1 fully saturated rings. The third-order valence-electron chi connectivity index (χ3n) is 3.58. The van der Waals surface area contributed by atoms with E-state index in [4.69, 9.17) is 21.5 Å². The van der Waals surface area contributed by atoms with Crippen molar-refractivity contribution >= 4 is 18.4 Å². The smallest absolute Gasteiger partial charge is 0.398 e. The van der Waals surface area contributed by atoms with Gasteiger partial charge in [-0.1, -0.05) is 5.92 Å². The molecular formula is C13H17BN2O2. The Labute approximate surface area is 108 Å². The number of hydrogen-bond donors (Lipinski definition) is 1. The Kier molecular flexibility index (Phi) is 2.88. The summed E-state index contributed by atoms with van der Waals surface area (Å²) >= 11 is 0. The van der Waals surface area contributed by atoms with E-state index < -0.39 is 18.3 Å². The van der Waals surface area contributed by atoms with Crippen molar-refractivity contribution in [3.8, 4) is 12.3 Å². The van der Waals surface area contributed by atoms with Gasteiger partial charge in [0.1, 0.15) is 5.69 Å². The highest BCUT2D eigenvalue weighted by Crippen LogP contribution is 2.36. The van der Waals surface area contributed by atoms with Gasteiger partial charge in [0.05, 0.1) is 16.8 Å². The van der Waals surface area contributed by atoms with Gasteiger partial charge < -0.3 is 15.0 Å². The Hall–Kier alpha value is -1.51. The van der Waals surface area contributed by atoms with Gasteiger partial charge in [-0.3, -0.25) is 0 Å². The second kappa shape index (κ2) is 4.01. The van der Waals surface area contributed by atoms with Crippen LogP contribution in [-0.2, 0) is 9.31 Å². The third-order valence-corrected chi connectivity index (χ3v) is 3.58. The van der Waals surface area contributed by atoms with E-state index in [0.717, 1.165) is 0 Å². The Morgan fingerprint density at radius 3 is 2.28 bits per heavy atom. The molecule has 0 bridgehead atoms. The van der Waals surface area contributed by atoms with Crippen LogP contribution in [0.25, 0.3) is 0 Å². The maximum Gasteiger partial charge on any atom is 0.516 e. The molecule has 0 amide bonds. The largest absolute Gasteiger partial charge is 0.516 e. The second-order valence-corrected chi connectivity index (χ2v) is 5.40. The first kappa shape index (κ1) is 12.9. The van der Waals surface area contributed by atoms with Crippen LogP contribution in [0.1, 0.15) is 33.4 Å². The lowest BCUT2D eigenvalue weighted by molar-refractivity contribution is 0.00578. The summed E-state index contributed by atoms with van der Waals surface area (Å²) in [6, 6.07) is 3.42. The van der Waals surface area contributed by atoms with Crippen LogP contribution in [0, 0.1) is 12.3 Å². The fourth-order valence-electron chi connectivity index (χ4n) is 1.71. The predicted molar refractivity (Wildman–Crippen MR) is 72.3 cm³/mol. The molecule has 1 aliphatic heterocycles. The fourth-order valence-corrected chi connectivity index (χ4v) is 1.71. The Morgan fingerprint density at radius 1 is 1.22 bits per heavy atom. The van der Waals surface area contributed by atoms with Gasteiger partial charge in [-0.05, 0) is 39.8 Å². The van der Waals surface area contributed by atoms with Crippen molar-refractivity contribution in [2.45, 2.75) is 38.9 Å². The van der Waals surface area contributed by atoms with Gasteiger partial charge >= 0.3 is 7.12 Å². The number of rotatable bonds is 1. The summed E-state index contributed by atoms with van der Waals surface area (Å²) in [5.74, 6) is 2.48. The summed E-state index contributed by atoms with van der Waals surface area (Å²) in [5, 5.41) is 0. The van der Waals surface area contributed by atoms with Crippen LogP contribution < -0.4 is 11.3 Å². The molecule has 0 radical (unpaired) electrons. The normalized spacial score (nSPS) is 20.7. The number of nitrogens with zero attached hydrogens (tertiary/aromatic N) is 1. The number of anilines is 1. The molecule has 2 heterocycles. The lowest BCUT2D eigenvalue weighted by Gasteiger charge is -2.32. The molecule has 5 heteroatoms. The number of nitrogen functional groups attached to an aromatic ring is 1. The standard InChI is InChI=1S/C13H17BN2O2/c1-6-9-7-8-10(15)11(16-9)14-17-12(2,3)13(4,5)18-14/h1,7-8H,15H2,2-5H3. The summed E-state index contributed by atoms with van der Waals surface area (Å²) in [4.78, 5) is 4.29. The molecule has 94 valence electrons. The van der Waals surface area contributed by atoms with Crippen LogP contribution in [0.4, 0.5) is 5.69 Å². The van der Waals surface area contributed by atoms with E-state index >= 15 is 0 Å². The van der Waals surface area contributed by atoms with Crippen LogP contribution in [0.2, 0.25) is 0 Å². The lowest BCUT2D eigenvalue weighted by Crippen LogP contribution is -2.41. The van der Waals surface area contributed by atoms with Gasteiger partial charge in [0.2, 0.25) is 0 Å². The molecular weight excluding hydrogens is 227 g/mol. The van der Waals surface area contributed by atoms with Crippen LogP contribution in [0.3, 0.4) is 0 Å². The van der Waals surface area contributed by atoms with Gasteiger partial charge in [-0.25, -0.2) is 4.98 Å². The molecule has 0 aliphatic carbocycles. The van der Waals surface area contributed by atoms with E-state index in [-0.39, 0.29) is 0 Å². The quantitative estimate of drug-likeness (QED) is 0.590. The molecule has 0 spiro atoms. The SMILES string of the molecule is C#Cc1ccc(N)c(B2OC(C)(C)C(C)(C)O2)n1. The third kappa shape index (κ3) is 1.98. The molecule has 0 aromatic carbocycles. The zero-order chi connectivity index (χ0) is 13.6. The number of terminal acetylenes is 1. The first-order chi connectivity index (χ1) is 8.27. The molecule has 4 nitrogen and oxygen atoms in total. The number of pyridine rings is 1. The van der Waals surface area contributed by atoms with E-state index in [0.29, 0.717) is 17.0 Å². The van der Waals surface area contributed by atoms with E-state index in [9.17, 15) is 0 Å². The van der Waals surface area contributed by atoms with Gasteiger partial charge in [-0.2, -0.15) is 0 Å². The van der Waals surface area contributed by atoms with Crippen molar-refractivity contribution in [2.75, 3.05) is 5.73 Å². The summed E-state index contributed by atoms with van der Waals surface area (Å²) in [6.07, 6.45) is 5.34. The molecule has 18 heavy (non-hydrogen) atoms. The number of hydrogen-bond acceptors (Lipinski definition) is 4. The molecule has 0 atom stereocenters. The molecule has 0 saturated carbocycles. The highest BCUT2D eigenvalue weighted by Gasteiger charge is 2.52. The minimum Gasteiger partial charge on any atom is -0.398 e. The van der Waals surface area contributed by atoms with Crippen LogP contribution >= 0.6 is 0 Å². The van der Waals surface area contributed by atoms with E-state index in [1.165, 1.54) is 0 Å². The van der Waals surface area contributed by atoms with Gasteiger partial charge in [0, 0.05) is 5.69 Å². The predicted octanol–water partition coefficient (Wildman–Crippen LogP) is 0.944. The van der Waals surface area contributed by atoms with Crippen molar-refractivity contribution in [3.63, 3.8) is 0 Å². The van der Waals surface area contributed by atoms with Gasteiger partial charge in [0.15, 0.2) is 0 Å². The van der Waals surface area contributed by atoms with E-state index in [2.05, 4.69) is 10.9 Å². The van der Waals surface area contributed by atoms with Crippen molar-refractivity contribution < 1.29 is 9.31 Å². The Bertz CT molecular complexity index is 504. The van der Waals surface area contributed by atoms with Crippen molar-refractivity contribution in [1.82, 2.24) is 4.98 Å². The Balaban J connectivity index is 2.38. The minimum absolute atomic E-state index is 0.419. The lowest BCUT2D eigenvalue weighted by atomic mass is 9.83. The monoisotopic (exact) mass is 244 g/mol. The molecule has 1 aromatic heterocycles.